The van der Waals surface area contributed by atoms with Gasteiger partial charge in [0.15, 0.2) is 5.96 Å². The predicted octanol–water partition coefficient (Wildman–Crippen LogP) is 1.80. The molecule has 1 aromatic rings. The number of benzene rings is 1. The van der Waals surface area contributed by atoms with Crippen LogP contribution >= 0.6 is 0 Å². The zero-order chi connectivity index (χ0) is 18.1. The summed E-state index contributed by atoms with van der Waals surface area (Å²) in [5, 5.41) is 3.28. The zero-order valence-corrected chi connectivity index (χ0v) is 16.1. The largest absolute Gasteiger partial charge is 0.357 e. The summed E-state index contributed by atoms with van der Waals surface area (Å²) in [6.45, 7) is 7.59. The Bertz CT molecular complexity index is 646. The van der Waals surface area contributed by atoms with Gasteiger partial charge in [-0.3, -0.25) is 4.99 Å². The van der Waals surface area contributed by atoms with Gasteiger partial charge in [0, 0.05) is 26.2 Å². The Morgan fingerprint density at radius 2 is 2.08 bits per heavy atom. The van der Waals surface area contributed by atoms with Crippen LogP contribution < -0.4 is 10.0 Å². The third-order valence-electron chi connectivity index (χ3n) is 4.25. The molecule has 140 valence electrons. The quantitative estimate of drug-likeness (QED) is 0.570. The molecule has 0 spiro atoms. The van der Waals surface area contributed by atoms with Crippen LogP contribution in [0.4, 0.5) is 0 Å². The Morgan fingerprint density at radius 3 is 2.76 bits per heavy atom. The van der Waals surface area contributed by atoms with Gasteiger partial charge in [-0.25, -0.2) is 13.1 Å². The van der Waals surface area contributed by atoms with Crippen LogP contribution in [-0.4, -0.2) is 51.2 Å². The van der Waals surface area contributed by atoms with Gasteiger partial charge in [0.05, 0.1) is 12.3 Å². The van der Waals surface area contributed by atoms with E-state index in [2.05, 4.69) is 26.9 Å². The van der Waals surface area contributed by atoms with E-state index in [-0.39, 0.29) is 12.3 Å². The van der Waals surface area contributed by atoms with E-state index in [0.717, 1.165) is 37.6 Å². The zero-order valence-electron chi connectivity index (χ0n) is 15.2. The average Bonchev–Trinajstić information content (AvgIpc) is 2.60. The van der Waals surface area contributed by atoms with E-state index in [1.165, 1.54) is 6.42 Å². The molecule has 1 atom stereocenters. The van der Waals surface area contributed by atoms with Gasteiger partial charge in [-0.2, -0.15) is 0 Å². The van der Waals surface area contributed by atoms with Crippen LogP contribution in [0.1, 0.15) is 32.3 Å². The second kappa shape index (κ2) is 9.77. The highest BCUT2D eigenvalue weighted by Crippen LogP contribution is 2.15. The standard InChI is InChI=1S/C18H30N4O2S/c1-3-19-18(22-12-7-8-16(2)15-22)20-11-13-25(23,24)21-14-17-9-5-4-6-10-17/h4-6,9-10,16,21H,3,7-8,11-15H2,1-2H3,(H,19,20). The van der Waals surface area contributed by atoms with E-state index in [4.69, 9.17) is 0 Å². The lowest BCUT2D eigenvalue weighted by Crippen LogP contribution is -2.46. The summed E-state index contributed by atoms with van der Waals surface area (Å²) in [5.41, 5.74) is 0.949. The molecular formula is C18H30N4O2S. The van der Waals surface area contributed by atoms with Crippen molar-refractivity contribution in [2.75, 3.05) is 31.9 Å². The maximum absolute atomic E-state index is 12.2. The number of likely N-dealkylation sites (tertiary alicyclic amines) is 1. The first-order chi connectivity index (χ1) is 12.0. The van der Waals surface area contributed by atoms with E-state index in [9.17, 15) is 8.42 Å². The van der Waals surface area contributed by atoms with Crippen LogP contribution in [0.25, 0.3) is 0 Å². The van der Waals surface area contributed by atoms with Crippen LogP contribution in [0.2, 0.25) is 0 Å². The molecule has 6 nitrogen and oxygen atoms in total. The summed E-state index contributed by atoms with van der Waals surface area (Å²) in [6.07, 6.45) is 2.40. The molecule has 7 heteroatoms. The molecule has 2 rings (SSSR count). The predicted molar refractivity (Wildman–Crippen MR) is 103 cm³/mol. The van der Waals surface area contributed by atoms with Crippen molar-refractivity contribution in [3.05, 3.63) is 35.9 Å². The Kier molecular flexibility index (Phi) is 7.71. The average molecular weight is 367 g/mol. The molecule has 1 aliphatic rings. The van der Waals surface area contributed by atoms with Crippen molar-refractivity contribution < 1.29 is 8.42 Å². The summed E-state index contributed by atoms with van der Waals surface area (Å²) in [5.74, 6) is 1.47. The van der Waals surface area contributed by atoms with Crippen LogP contribution in [-0.2, 0) is 16.6 Å². The number of aliphatic imine (C=N–C) groups is 1. The normalized spacial score (nSPS) is 19.0. The second-order valence-corrected chi connectivity index (χ2v) is 8.48. The fourth-order valence-electron chi connectivity index (χ4n) is 2.94. The molecule has 1 fully saturated rings. The maximum atomic E-state index is 12.2. The number of hydrogen-bond acceptors (Lipinski definition) is 3. The Hall–Kier alpha value is -1.60. The van der Waals surface area contributed by atoms with E-state index in [1.807, 2.05) is 37.3 Å². The lowest BCUT2D eigenvalue weighted by molar-refractivity contribution is 0.266. The van der Waals surface area contributed by atoms with E-state index in [1.54, 1.807) is 0 Å². The summed E-state index contributed by atoms with van der Waals surface area (Å²) < 4.78 is 27.0. The number of nitrogens with zero attached hydrogens (tertiary/aromatic N) is 2. The third kappa shape index (κ3) is 7.04. The Morgan fingerprint density at radius 1 is 1.32 bits per heavy atom. The minimum atomic E-state index is -3.34. The van der Waals surface area contributed by atoms with Crippen LogP contribution in [0.15, 0.2) is 35.3 Å². The molecule has 2 N–H and O–H groups in total. The summed E-state index contributed by atoms with van der Waals surface area (Å²) in [6, 6.07) is 9.52. The van der Waals surface area contributed by atoms with Crippen molar-refractivity contribution in [1.29, 1.82) is 0 Å². The van der Waals surface area contributed by atoms with Crippen molar-refractivity contribution in [3.63, 3.8) is 0 Å². The van der Waals surface area contributed by atoms with Gasteiger partial charge in [-0.1, -0.05) is 37.3 Å². The van der Waals surface area contributed by atoms with Crippen molar-refractivity contribution in [3.8, 4) is 0 Å². The molecule has 0 radical (unpaired) electrons. The summed E-state index contributed by atoms with van der Waals surface area (Å²) >= 11 is 0. The first kappa shape index (κ1) is 19.7. The Labute approximate surface area is 151 Å². The first-order valence-corrected chi connectivity index (χ1v) is 10.7. The first-order valence-electron chi connectivity index (χ1n) is 9.04. The second-order valence-electron chi connectivity index (χ2n) is 6.55. The molecular weight excluding hydrogens is 336 g/mol. The van der Waals surface area contributed by atoms with E-state index in [0.29, 0.717) is 12.5 Å². The monoisotopic (exact) mass is 366 g/mol. The molecule has 0 aliphatic carbocycles. The van der Waals surface area contributed by atoms with Crippen molar-refractivity contribution >= 4 is 16.0 Å². The molecule has 0 saturated carbocycles. The van der Waals surface area contributed by atoms with Crippen LogP contribution in [0, 0.1) is 5.92 Å². The van der Waals surface area contributed by atoms with Gasteiger partial charge in [0.2, 0.25) is 10.0 Å². The molecule has 0 aromatic heterocycles. The van der Waals surface area contributed by atoms with Gasteiger partial charge in [-0.05, 0) is 31.2 Å². The maximum Gasteiger partial charge on any atom is 0.213 e. The lowest BCUT2D eigenvalue weighted by Gasteiger charge is -2.33. The molecule has 1 heterocycles. The van der Waals surface area contributed by atoms with Crippen molar-refractivity contribution in [1.82, 2.24) is 14.9 Å². The smallest absolute Gasteiger partial charge is 0.213 e. The molecule has 1 aliphatic heterocycles. The topological polar surface area (TPSA) is 73.8 Å². The molecule has 1 saturated heterocycles. The van der Waals surface area contributed by atoms with Gasteiger partial charge < -0.3 is 10.2 Å². The fraction of sp³-hybridized carbons (Fsp3) is 0.611. The third-order valence-corrected chi connectivity index (χ3v) is 5.56. The summed E-state index contributed by atoms with van der Waals surface area (Å²) in [4.78, 5) is 6.76. The minimum Gasteiger partial charge on any atom is -0.357 e. The molecule has 1 aromatic carbocycles. The number of guanidine groups is 1. The highest BCUT2D eigenvalue weighted by molar-refractivity contribution is 7.89. The van der Waals surface area contributed by atoms with Crippen molar-refractivity contribution in [2.45, 2.75) is 33.2 Å². The summed E-state index contributed by atoms with van der Waals surface area (Å²) in [7, 11) is -3.34. The van der Waals surface area contributed by atoms with E-state index < -0.39 is 10.0 Å². The van der Waals surface area contributed by atoms with Crippen molar-refractivity contribution in [2.24, 2.45) is 10.9 Å². The number of rotatable bonds is 7. The van der Waals surface area contributed by atoms with Gasteiger partial charge in [0.25, 0.3) is 0 Å². The van der Waals surface area contributed by atoms with Crippen LogP contribution in [0.5, 0.6) is 0 Å². The molecule has 1 unspecified atom stereocenters. The highest BCUT2D eigenvalue weighted by Gasteiger charge is 2.19. The minimum absolute atomic E-state index is 0.00186. The number of sulfonamides is 1. The molecule has 0 amide bonds. The number of piperidine rings is 1. The lowest BCUT2D eigenvalue weighted by atomic mass is 10.0. The number of nitrogens with one attached hydrogen (secondary N) is 2. The Balaban J connectivity index is 1.86. The number of hydrogen-bond donors (Lipinski definition) is 2. The fourth-order valence-corrected chi connectivity index (χ4v) is 3.80. The van der Waals surface area contributed by atoms with Crippen LogP contribution in [0.3, 0.4) is 0 Å². The highest BCUT2D eigenvalue weighted by atomic mass is 32.2. The molecule has 0 bridgehead atoms. The van der Waals surface area contributed by atoms with Gasteiger partial charge in [0.1, 0.15) is 0 Å². The molecule has 25 heavy (non-hydrogen) atoms. The van der Waals surface area contributed by atoms with Gasteiger partial charge in [-0.15, -0.1) is 0 Å². The SMILES string of the molecule is CCNC(=NCCS(=O)(=O)NCc1ccccc1)N1CCCC(C)C1. The van der Waals surface area contributed by atoms with Gasteiger partial charge >= 0.3 is 0 Å². The van der Waals surface area contributed by atoms with E-state index >= 15 is 0 Å².